The van der Waals surface area contributed by atoms with Gasteiger partial charge in [-0.1, -0.05) is 30.0 Å². The van der Waals surface area contributed by atoms with Crippen LogP contribution in [0.4, 0.5) is 18.9 Å². The van der Waals surface area contributed by atoms with Crippen molar-refractivity contribution in [1.29, 1.82) is 0 Å². The van der Waals surface area contributed by atoms with Crippen molar-refractivity contribution in [3.05, 3.63) is 93.4 Å². The normalized spacial score (nSPS) is 14.5. The van der Waals surface area contributed by atoms with E-state index in [0.29, 0.717) is 16.8 Å². The number of fused-ring (bicyclic) bond motifs is 3. The van der Waals surface area contributed by atoms with E-state index in [1.54, 1.807) is 35.8 Å². The summed E-state index contributed by atoms with van der Waals surface area (Å²) in [4.78, 5) is 25.8. The molecule has 0 aliphatic carbocycles. The molecule has 0 spiro atoms. The van der Waals surface area contributed by atoms with Gasteiger partial charge in [-0.15, -0.1) is 0 Å². The van der Waals surface area contributed by atoms with Crippen LogP contribution in [0.1, 0.15) is 28.2 Å². The van der Waals surface area contributed by atoms with Gasteiger partial charge >= 0.3 is 5.97 Å². The van der Waals surface area contributed by atoms with Crippen molar-refractivity contribution in [3.8, 4) is 11.1 Å². The van der Waals surface area contributed by atoms with Crippen LogP contribution in [0, 0.1) is 17.5 Å². The molecule has 5 rings (SSSR count). The summed E-state index contributed by atoms with van der Waals surface area (Å²) in [6.45, 7) is 1.65. The number of ether oxygens (including phenoxy) is 1. The number of carbonyl (C=O) groups excluding carboxylic acids is 1. The molecule has 0 fully saturated rings. The van der Waals surface area contributed by atoms with E-state index >= 15 is 4.39 Å². The van der Waals surface area contributed by atoms with Gasteiger partial charge in [0.25, 0.3) is 0 Å². The Morgan fingerprint density at radius 3 is 2.47 bits per heavy atom. The Kier molecular flexibility index (Phi) is 5.36. The van der Waals surface area contributed by atoms with Gasteiger partial charge < -0.3 is 15.0 Å². The van der Waals surface area contributed by atoms with E-state index < -0.39 is 34.2 Å². The molecule has 1 aliphatic heterocycles. The molecule has 34 heavy (non-hydrogen) atoms. The molecule has 1 aromatic heterocycles. The lowest BCUT2D eigenvalue weighted by Crippen LogP contribution is -2.31. The maximum atomic E-state index is 15.1. The van der Waals surface area contributed by atoms with Crippen LogP contribution < -0.4 is 11.2 Å². The van der Waals surface area contributed by atoms with Crippen molar-refractivity contribution < 1.29 is 22.7 Å². The average Bonchev–Trinajstić information content (AvgIpc) is 2.78. The van der Waals surface area contributed by atoms with Crippen molar-refractivity contribution in [2.45, 2.75) is 17.3 Å². The summed E-state index contributed by atoms with van der Waals surface area (Å²) < 4.78 is 49.9. The third-order valence-corrected chi connectivity index (χ3v) is 6.95. The molecule has 5 nitrogen and oxygen atoms in total. The number of pyridine rings is 1. The second kappa shape index (κ2) is 8.25. The lowest BCUT2D eigenvalue weighted by atomic mass is 10.0. The van der Waals surface area contributed by atoms with Crippen LogP contribution in [0.5, 0.6) is 0 Å². The van der Waals surface area contributed by atoms with Crippen molar-refractivity contribution in [2.24, 2.45) is 0 Å². The minimum atomic E-state index is -0.841. The number of rotatable bonds is 4. The predicted octanol–water partition coefficient (Wildman–Crippen LogP) is 5.50. The fourth-order valence-corrected chi connectivity index (χ4v) is 5.34. The standard InChI is InChI=1S/C25H17F3N2O3S/c1-2-33-25(32)21-22(31)17-10-19(28)16(12-3-6-14(29)7-4-12)11-20(17)30-23(34-24(21)30)15-8-5-13(26)9-18(15)27/h3-11,23H,2,29H2,1H3. The van der Waals surface area contributed by atoms with Gasteiger partial charge in [-0.3, -0.25) is 4.79 Å². The van der Waals surface area contributed by atoms with E-state index in [9.17, 15) is 18.4 Å². The number of esters is 1. The number of nitrogen functional groups attached to an aromatic ring is 1. The Morgan fingerprint density at radius 2 is 1.79 bits per heavy atom. The van der Waals surface area contributed by atoms with Gasteiger partial charge in [0.05, 0.1) is 17.1 Å². The zero-order valence-electron chi connectivity index (χ0n) is 17.8. The molecule has 2 heterocycles. The Labute approximate surface area is 196 Å². The topological polar surface area (TPSA) is 74.3 Å². The fraction of sp³-hybridized carbons (Fsp3) is 0.120. The van der Waals surface area contributed by atoms with Crippen molar-refractivity contribution in [2.75, 3.05) is 12.3 Å². The van der Waals surface area contributed by atoms with Gasteiger partial charge in [0.15, 0.2) is 0 Å². The summed E-state index contributed by atoms with van der Waals surface area (Å²) in [7, 11) is 0. The quantitative estimate of drug-likeness (QED) is 0.307. The molecule has 0 amide bonds. The zero-order valence-corrected chi connectivity index (χ0v) is 18.6. The number of halogens is 3. The smallest absolute Gasteiger partial charge is 0.344 e. The molecule has 0 radical (unpaired) electrons. The number of hydrogen-bond acceptors (Lipinski definition) is 5. The minimum Gasteiger partial charge on any atom is -0.462 e. The highest BCUT2D eigenvalue weighted by Crippen LogP contribution is 2.51. The molecule has 0 saturated carbocycles. The van der Waals surface area contributed by atoms with Gasteiger partial charge in [0.1, 0.15) is 28.4 Å². The van der Waals surface area contributed by atoms with Crippen LogP contribution in [-0.2, 0) is 4.74 Å². The third kappa shape index (κ3) is 3.43. The van der Waals surface area contributed by atoms with Gasteiger partial charge in [0, 0.05) is 28.3 Å². The van der Waals surface area contributed by atoms with Gasteiger partial charge in [-0.2, -0.15) is 0 Å². The van der Waals surface area contributed by atoms with Crippen LogP contribution >= 0.6 is 11.8 Å². The van der Waals surface area contributed by atoms with Gasteiger partial charge in [-0.05, 0) is 42.8 Å². The maximum Gasteiger partial charge on any atom is 0.344 e. The van der Waals surface area contributed by atoms with Crippen LogP contribution in [0.3, 0.4) is 0 Å². The molecular weight excluding hydrogens is 465 g/mol. The maximum absolute atomic E-state index is 15.1. The third-order valence-electron chi connectivity index (χ3n) is 5.64. The molecule has 1 atom stereocenters. The first-order valence-electron chi connectivity index (χ1n) is 10.4. The number of anilines is 1. The monoisotopic (exact) mass is 482 g/mol. The Bertz CT molecular complexity index is 1530. The Morgan fingerprint density at radius 1 is 1.06 bits per heavy atom. The molecule has 4 aromatic rings. The molecule has 2 N–H and O–H groups in total. The number of benzene rings is 3. The first-order valence-corrected chi connectivity index (χ1v) is 11.2. The summed E-state index contributed by atoms with van der Waals surface area (Å²) in [5.41, 5.74) is 6.55. The predicted molar refractivity (Wildman–Crippen MR) is 124 cm³/mol. The highest BCUT2D eigenvalue weighted by atomic mass is 32.2. The lowest BCUT2D eigenvalue weighted by Gasteiger charge is -2.36. The molecule has 1 aliphatic rings. The number of aromatic nitrogens is 1. The van der Waals surface area contributed by atoms with Crippen LogP contribution in [0.25, 0.3) is 22.0 Å². The molecule has 1 unspecified atom stereocenters. The highest BCUT2D eigenvalue weighted by molar-refractivity contribution is 8.00. The summed E-state index contributed by atoms with van der Waals surface area (Å²) in [5, 5.41) is -0.465. The Hall–Kier alpha value is -3.72. The number of hydrogen-bond donors (Lipinski definition) is 1. The molecule has 0 bridgehead atoms. The first-order chi connectivity index (χ1) is 16.3. The molecule has 3 aromatic carbocycles. The van der Waals surface area contributed by atoms with Crippen LogP contribution in [-0.4, -0.2) is 17.1 Å². The highest BCUT2D eigenvalue weighted by Gasteiger charge is 2.38. The second-order valence-corrected chi connectivity index (χ2v) is 8.78. The summed E-state index contributed by atoms with van der Waals surface area (Å²) in [5.74, 6) is -3.00. The first kappa shape index (κ1) is 22.1. The number of nitrogens with zero attached hydrogens (tertiary/aromatic N) is 1. The van der Waals surface area contributed by atoms with E-state index in [4.69, 9.17) is 10.5 Å². The van der Waals surface area contributed by atoms with E-state index in [1.165, 1.54) is 12.1 Å². The zero-order chi connectivity index (χ0) is 24.1. The van der Waals surface area contributed by atoms with E-state index in [2.05, 4.69) is 0 Å². The van der Waals surface area contributed by atoms with Crippen LogP contribution in [0.15, 0.2) is 64.4 Å². The van der Waals surface area contributed by atoms with Gasteiger partial charge in [0.2, 0.25) is 5.43 Å². The Balaban J connectivity index is 1.80. The number of thioether (sulfide) groups is 1. The summed E-state index contributed by atoms with van der Waals surface area (Å²) >= 11 is 1.08. The fourth-order valence-electron chi connectivity index (χ4n) is 4.03. The molecule has 172 valence electrons. The number of nitrogens with two attached hydrogens (primary N) is 1. The van der Waals surface area contributed by atoms with E-state index in [-0.39, 0.29) is 33.7 Å². The largest absolute Gasteiger partial charge is 0.462 e. The van der Waals surface area contributed by atoms with Crippen molar-refractivity contribution in [1.82, 2.24) is 4.57 Å². The molecule has 0 saturated heterocycles. The summed E-state index contributed by atoms with van der Waals surface area (Å²) in [6.07, 6.45) is 0. The SMILES string of the molecule is CCOC(=O)c1c2n(c3cc(-c4ccc(N)cc4)c(F)cc3c1=O)C(c1ccc(F)cc1F)S2. The second-order valence-electron chi connectivity index (χ2n) is 7.71. The van der Waals surface area contributed by atoms with Crippen molar-refractivity contribution in [3.63, 3.8) is 0 Å². The summed E-state index contributed by atoms with van der Waals surface area (Å²) in [6, 6.07) is 12.3. The van der Waals surface area contributed by atoms with Crippen molar-refractivity contribution >= 4 is 34.3 Å². The number of carbonyl (C=O) groups is 1. The average molecular weight is 482 g/mol. The van der Waals surface area contributed by atoms with E-state index in [0.717, 1.165) is 30.0 Å². The molecular formula is C25H17F3N2O3S. The minimum absolute atomic E-state index is 0.0425. The van der Waals surface area contributed by atoms with Gasteiger partial charge in [-0.25, -0.2) is 18.0 Å². The van der Waals surface area contributed by atoms with E-state index in [1.807, 2.05) is 0 Å². The lowest BCUT2D eigenvalue weighted by molar-refractivity contribution is 0.0518. The molecule has 9 heteroatoms. The van der Waals surface area contributed by atoms with Crippen LogP contribution in [0.2, 0.25) is 0 Å².